The molecule has 2 nitrogen and oxygen atoms in total. The largest absolute Gasteiger partial charge is 0.456 e. The summed E-state index contributed by atoms with van der Waals surface area (Å²) < 4.78 is 6.35. The number of para-hydroxylation sites is 2. The van der Waals surface area contributed by atoms with Crippen LogP contribution in [0.2, 0.25) is 0 Å². The summed E-state index contributed by atoms with van der Waals surface area (Å²) in [6, 6.07) is 71.8. The van der Waals surface area contributed by atoms with Gasteiger partial charge < -0.3 is 9.32 Å². The van der Waals surface area contributed by atoms with Gasteiger partial charge in [0.2, 0.25) is 0 Å². The number of fused-ring (bicyclic) bond motifs is 5. The van der Waals surface area contributed by atoms with Crippen molar-refractivity contribution in [2.24, 2.45) is 0 Å². The van der Waals surface area contributed by atoms with Crippen molar-refractivity contribution in [3.05, 3.63) is 200 Å². The lowest BCUT2D eigenvalue weighted by Gasteiger charge is -2.29. The second kappa shape index (κ2) is 12.5. The van der Waals surface area contributed by atoms with E-state index < -0.39 is 0 Å². The Morgan fingerprint density at radius 2 is 0.885 bits per heavy atom. The molecule has 0 aliphatic carbocycles. The van der Waals surface area contributed by atoms with Gasteiger partial charge in [-0.25, -0.2) is 0 Å². The molecule has 0 atom stereocenters. The van der Waals surface area contributed by atoms with Gasteiger partial charge in [0.25, 0.3) is 0 Å². The molecule has 0 unspecified atom stereocenters. The molecule has 0 radical (unpaired) electrons. The van der Waals surface area contributed by atoms with Crippen LogP contribution in [0.15, 0.2) is 205 Å². The number of nitrogens with zero attached hydrogens (tertiary/aromatic N) is 1. The fourth-order valence-electron chi connectivity index (χ4n) is 7.76. The molecular weight excluding hydrogens is 631 g/mol. The summed E-state index contributed by atoms with van der Waals surface area (Å²) in [6.45, 7) is 0. The molecule has 1 heterocycles. The Morgan fingerprint density at radius 1 is 0.308 bits per heavy atom. The Labute approximate surface area is 302 Å². The highest BCUT2D eigenvalue weighted by Crippen LogP contribution is 2.45. The molecule has 0 spiro atoms. The molecule has 244 valence electrons. The lowest BCUT2D eigenvalue weighted by atomic mass is 9.96. The highest BCUT2D eigenvalue weighted by molar-refractivity contribution is 6.07. The third kappa shape index (κ3) is 5.12. The van der Waals surface area contributed by atoms with E-state index in [0.717, 1.165) is 55.7 Å². The van der Waals surface area contributed by atoms with E-state index in [-0.39, 0.29) is 0 Å². The van der Waals surface area contributed by atoms with Gasteiger partial charge in [-0.15, -0.1) is 0 Å². The fourth-order valence-corrected chi connectivity index (χ4v) is 7.76. The smallest absolute Gasteiger partial charge is 0.136 e. The molecule has 0 amide bonds. The number of hydrogen-bond donors (Lipinski definition) is 0. The van der Waals surface area contributed by atoms with E-state index in [1.165, 1.54) is 38.2 Å². The Balaban J connectivity index is 1.11. The average Bonchev–Trinajstić information content (AvgIpc) is 3.59. The van der Waals surface area contributed by atoms with Gasteiger partial charge >= 0.3 is 0 Å². The quantitative estimate of drug-likeness (QED) is 0.176. The third-order valence-electron chi connectivity index (χ3n) is 10.3. The first kappa shape index (κ1) is 30.0. The summed E-state index contributed by atoms with van der Waals surface area (Å²) in [5.74, 6) is 0. The van der Waals surface area contributed by atoms with Crippen molar-refractivity contribution in [2.75, 3.05) is 4.90 Å². The molecule has 0 saturated heterocycles. The molecule has 10 aromatic rings. The zero-order valence-corrected chi connectivity index (χ0v) is 28.4. The van der Waals surface area contributed by atoms with Crippen LogP contribution in [0.5, 0.6) is 0 Å². The average molecular weight is 664 g/mol. The maximum absolute atomic E-state index is 6.35. The Kier molecular flexibility index (Phi) is 7.18. The Bertz CT molecular complexity index is 2910. The molecule has 0 saturated carbocycles. The maximum Gasteiger partial charge on any atom is 0.136 e. The summed E-state index contributed by atoms with van der Waals surface area (Å²) in [6.07, 6.45) is 0. The van der Waals surface area contributed by atoms with E-state index >= 15 is 0 Å². The van der Waals surface area contributed by atoms with Crippen LogP contribution in [0.3, 0.4) is 0 Å². The van der Waals surface area contributed by atoms with Crippen molar-refractivity contribution in [2.45, 2.75) is 0 Å². The third-order valence-corrected chi connectivity index (χ3v) is 10.3. The van der Waals surface area contributed by atoms with Crippen molar-refractivity contribution < 1.29 is 4.42 Å². The van der Waals surface area contributed by atoms with E-state index in [1.54, 1.807) is 0 Å². The molecule has 0 fully saturated rings. The lowest BCUT2D eigenvalue weighted by Crippen LogP contribution is -2.11. The number of hydrogen-bond acceptors (Lipinski definition) is 2. The first-order valence-electron chi connectivity index (χ1n) is 17.8. The standard InChI is InChI=1S/C50H33NO/c1-3-18-41-35(12-1)14-10-22-42(41)37-28-26-34(27-29-37)38-16-9-17-40(32-38)51(48-24-11-15-36-13-2-4-19-43(36)48)47-23-7-5-20-44(47)39-30-31-46-45-21-6-8-25-49(45)52-50(46)33-39/h1-33H. The fraction of sp³-hybridized carbons (Fsp3) is 0. The SMILES string of the molecule is c1cc(-c2ccc(-c3cccc4ccccc34)cc2)cc(N(c2ccccc2-c2ccc3c(c2)oc2ccccc23)c2cccc3ccccc23)c1. The van der Waals surface area contributed by atoms with Gasteiger partial charge in [-0.1, -0.05) is 158 Å². The van der Waals surface area contributed by atoms with E-state index in [9.17, 15) is 0 Å². The van der Waals surface area contributed by atoms with Gasteiger partial charge in [0.05, 0.1) is 11.4 Å². The minimum atomic E-state index is 0.888. The van der Waals surface area contributed by atoms with E-state index in [2.05, 4.69) is 193 Å². The topological polar surface area (TPSA) is 16.4 Å². The number of furan rings is 1. The zero-order chi connectivity index (χ0) is 34.4. The first-order chi connectivity index (χ1) is 25.8. The van der Waals surface area contributed by atoms with Crippen LogP contribution in [-0.4, -0.2) is 0 Å². The van der Waals surface area contributed by atoms with Gasteiger partial charge in [0, 0.05) is 27.4 Å². The van der Waals surface area contributed by atoms with Gasteiger partial charge in [-0.3, -0.25) is 0 Å². The van der Waals surface area contributed by atoms with Gasteiger partial charge in [0.15, 0.2) is 0 Å². The second-order valence-corrected chi connectivity index (χ2v) is 13.3. The van der Waals surface area contributed by atoms with E-state index in [0.29, 0.717) is 0 Å². The highest BCUT2D eigenvalue weighted by Gasteiger charge is 2.20. The van der Waals surface area contributed by atoms with Crippen molar-refractivity contribution >= 4 is 60.5 Å². The molecule has 52 heavy (non-hydrogen) atoms. The van der Waals surface area contributed by atoms with Crippen LogP contribution in [-0.2, 0) is 0 Å². The van der Waals surface area contributed by atoms with Crippen molar-refractivity contribution in [3.8, 4) is 33.4 Å². The van der Waals surface area contributed by atoms with Crippen molar-refractivity contribution in [1.82, 2.24) is 0 Å². The molecule has 0 aliphatic heterocycles. The van der Waals surface area contributed by atoms with Crippen LogP contribution < -0.4 is 4.90 Å². The van der Waals surface area contributed by atoms with Gasteiger partial charge in [-0.2, -0.15) is 0 Å². The highest BCUT2D eigenvalue weighted by atomic mass is 16.3. The molecule has 1 aromatic heterocycles. The van der Waals surface area contributed by atoms with Crippen LogP contribution in [0.25, 0.3) is 76.9 Å². The molecule has 0 N–H and O–H groups in total. The molecule has 0 bridgehead atoms. The molecule has 10 rings (SSSR count). The Hall–Kier alpha value is -6.90. The zero-order valence-electron chi connectivity index (χ0n) is 28.4. The number of benzene rings is 9. The summed E-state index contributed by atoms with van der Waals surface area (Å²) >= 11 is 0. The second-order valence-electron chi connectivity index (χ2n) is 13.3. The molecule has 0 aliphatic rings. The van der Waals surface area contributed by atoms with Crippen LogP contribution in [0.1, 0.15) is 0 Å². The summed E-state index contributed by atoms with van der Waals surface area (Å²) in [4.78, 5) is 2.41. The number of anilines is 3. The van der Waals surface area contributed by atoms with Gasteiger partial charge in [0.1, 0.15) is 11.2 Å². The van der Waals surface area contributed by atoms with Crippen molar-refractivity contribution in [3.63, 3.8) is 0 Å². The molecular formula is C50H33NO. The number of rotatable bonds is 6. The van der Waals surface area contributed by atoms with Crippen molar-refractivity contribution in [1.29, 1.82) is 0 Å². The van der Waals surface area contributed by atoms with Crippen LogP contribution >= 0.6 is 0 Å². The molecule has 2 heteroatoms. The Morgan fingerprint density at radius 3 is 1.75 bits per heavy atom. The minimum Gasteiger partial charge on any atom is -0.456 e. The van der Waals surface area contributed by atoms with Gasteiger partial charge in [-0.05, 0) is 86.4 Å². The predicted molar refractivity (Wildman–Crippen MR) is 220 cm³/mol. The van der Waals surface area contributed by atoms with E-state index in [1.807, 2.05) is 12.1 Å². The van der Waals surface area contributed by atoms with E-state index in [4.69, 9.17) is 4.42 Å². The normalized spacial score (nSPS) is 11.5. The minimum absolute atomic E-state index is 0.888. The molecule has 9 aromatic carbocycles. The van der Waals surface area contributed by atoms with Crippen LogP contribution in [0, 0.1) is 0 Å². The summed E-state index contributed by atoms with van der Waals surface area (Å²) in [5, 5.41) is 7.18. The summed E-state index contributed by atoms with van der Waals surface area (Å²) in [7, 11) is 0. The maximum atomic E-state index is 6.35. The first-order valence-corrected chi connectivity index (χ1v) is 17.8. The monoisotopic (exact) mass is 663 g/mol. The predicted octanol–water partition coefficient (Wildman–Crippen LogP) is 14.4. The lowest BCUT2D eigenvalue weighted by molar-refractivity contribution is 0.669. The van der Waals surface area contributed by atoms with Crippen LogP contribution in [0.4, 0.5) is 17.1 Å². The summed E-state index contributed by atoms with van der Waals surface area (Å²) in [5.41, 5.74) is 12.1.